The molecule has 0 radical (unpaired) electrons. The van der Waals surface area contributed by atoms with E-state index in [2.05, 4.69) is 0 Å². The minimum Gasteiger partial charge on any atom is -0.249 e. The van der Waals surface area contributed by atoms with E-state index in [1.807, 2.05) is 0 Å². The summed E-state index contributed by atoms with van der Waals surface area (Å²) in [5.74, 6) is -0.865. The van der Waals surface area contributed by atoms with Crippen molar-refractivity contribution in [3.05, 3.63) is 59.4 Å². The molecule has 108 valence electrons. The van der Waals surface area contributed by atoms with Crippen LogP contribution in [0.2, 0.25) is 0 Å². The van der Waals surface area contributed by atoms with Gasteiger partial charge in [0.15, 0.2) is 0 Å². The van der Waals surface area contributed by atoms with E-state index in [4.69, 9.17) is 5.26 Å². The van der Waals surface area contributed by atoms with Gasteiger partial charge >= 0.3 is 6.18 Å². The molecule has 2 nitrogen and oxygen atoms in total. The second-order valence-corrected chi connectivity index (χ2v) is 5.47. The molecular formula is C14H7F4NOS. The molecule has 2 aromatic rings. The Morgan fingerprint density at radius 3 is 2.38 bits per heavy atom. The first-order valence-electron chi connectivity index (χ1n) is 5.62. The van der Waals surface area contributed by atoms with Crippen molar-refractivity contribution in [1.29, 1.82) is 5.26 Å². The van der Waals surface area contributed by atoms with E-state index in [1.54, 1.807) is 6.07 Å². The first-order valence-corrected chi connectivity index (χ1v) is 6.77. The third-order valence-corrected chi connectivity index (χ3v) is 4.08. The van der Waals surface area contributed by atoms with Crippen LogP contribution < -0.4 is 0 Å². The lowest BCUT2D eigenvalue weighted by molar-refractivity contribution is -0.137. The molecule has 0 saturated heterocycles. The predicted molar refractivity (Wildman–Crippen MR) is 67.2 cm³/mol. The van der Waals surface area contributed by atoms with Crippen LogP contribution in [0.1, 0.15) is 11.1 Å². The van der Waals surface area contributed by atoms with Gasteiger partial charge in [-0.25, -0.2) is 8.60 Å². The van der Waals surface area contributed by atoms with Crippen molar-refractivity contribution in [2.45, 2.75) is 16.0 Å². The summed E-state index contributed by atoms with van der Waals surface area (Å²) in [6.45, 7) is 0. The second kappa shape index (κ2) is 5.66. The van der Waals surface area contributed by atoms with Gasteiger partial charge in [-0.2, -0.15) is 18.4 Å². The first kappa shape index (κ1) is 15.2. The minimum atomic E-state index is -4.57. The largest absolute Gasteiger partial charge is 0.416 e. The maximum atomic E-state index is 13.5. The zero-order chi connectivity index (χ0) is 15.6. The molecule has 0 amide bonds. The number of nitrogens with zero attached hydrogens (tertiary/aromatic N) is 1. The van der Waals surface area contributed by atoms with Gasteiger partial charge in [-0.05, 0) is 30.3 Å². The van der Waals surface area contributed by atoms with Gasteiger partial charge in [0.1, 0.15) is 17.4 Å². The average Bonchev–Trinajstić information content (AvgIpc) is 2.45. The van der Waals surface area contributed by atoms with E-state index in [0.29, 0.717) is 0 Å². The van der Waals surface area contributed by atoms with Crippen LogP contribution in [0.5, 0.6) is 0 Å². The van der Waals surface area contributed by atoms with E-state index in [9.17, 15) is 21.8 Å². The Kier molecular flexibility index (Phi) is 4.09. The third-order valence-electron chi connectivity index (χ3n) is 2.66. The summed E-state index contributed by atoms with van der Waals surface area (Å²) in [7, 11) is -2.08. The molecule has 0 N–H and O–H groups in total. The highest BCUT2D eigenvalue weighted by molar-refractivity contribution is 7.85. The van der Waals surface area contributed by atoms with Crippen LogP contribution >= 0.6 is 0 Å². The van der Waals surface area contributed by atoms with Crippen LogP contribution in [0.3, 0.4) is 0 Å². The number of hydrogen-bond acceptors (Lipinski definition) is 2. The van der Waals surface area contributed by atoms with Crippen LogP contribution in [-0.4, -0.2) is 4.21 Å². The van der Waals surface area contributed by atoms with Gasteiger partial charge in [0.05, 0.1) is 21.3 Å². The molecule has 0 fully saturated rings. The van der Waals surface area contributed by atoms with Gasteiger partial charge in [0.25, 0.3) is 0 Å². The van der Waals surface area contributed by atoms with Gasteiger partial charge in [-0.15, -0.1) is 0 Å². The zero-order valence-electron chi connectivity index (χ0n) is 10.3. The lowest BCUT2D eigenvalue weighted by Gasteiger charge is -2.09. The first-order chi connectivity index (χ1) is 9.84. The molecule has 1 atom stereocenters. The highest BCUT2D eigenvalue weighted by atomic mass is 32.2. The fraction of sp³-hybridized carbons (Fsp3) is 0.0714. The molecule has 0 aliphatic heterocycles. The molecule has 0 aliphatic carbocycles. The number of rotatable bonds is 2. The summed E-state index contributed by atoms with van der Waals surface area (Å²) < 4.78 is 63.6. The number of alkyl halides is 3. The summed E-state index contributed by atoms with van der Waals surface area (Å²) in [6, 6.07) is 9.00. The molecule has 2 rings (SSSR count). The van der Waals surface area contributed by atoms with Gasteiger partial charge in [0, 0.05) is 4.90 Å². The molecule has 7 heteroatoms. The van der Waals surface area contributed by atoms with Crippen molar-refractivity contribution in [2.24, 2.45) is 0 Å². The van der Waals surface area contributed by atoms with Gasteiger partial charge < -0.3 is 0 Å². The quantitative estimate of drug-likeness (QED) is 0.789. The van der Waals surface area contributed by atoms with E-state index >= 15 is 0 Å². The van der Waals surface area contributed by atoms with E-state index < -0.39 is 33.9 Å². The van der Waals surface area contributed by atoms with Crippen molar-refractivity contribution in [3.63, 3.8) is 0 Å². The average molecular weight is 313 g/mol. The van der Waals surface area contributed by atoms with Crippen LogP contribution in [0.15, 0.2) is 52.3 Å². The van der Waals surface area contributed by atoms with E-state index in [1.165, 1.54) is 18.2 Å². The van der Waals surface area contributed by atoms with Crippen molar-refractivity contribution >= 4 is 10.8 Å². The Labute approximate surface area is 120 Å². The maximum absolute atomic E-state index is 13.5. The monoisotopic (exact) mass is 313 g/mol. The van der Waals surface area contributed by atoms with Crippen LogP contribution in [0, 0.1) is 17.1 Å². The number of nitriles is 1. The maximum Gasteiger partial charge on any atom is 0.416 e. The van der Waals surface area contributed by atoms with Crippen LogP contribution in [0.4, 0.5) is 17.6 Å². The minimum absolute atomic E-state index is 0.146. The molecule has 1 unspecified atom stereocenters. The van der Waals surface area contributed by atoms with E-state index in [0.717, 1.165) is 24.3 Å². The normalized spacial score (nSPS) is 12.7. The van der Waals surface area contributed by atoms with Crippen molar-refractivity contribution in [2.75, 3.05) is 0 Å². The Morgan fingerprint density at radius 1 is 1.10 bits per heavy atom. The standard InChI is InChI=1S/C14H7F4NOS/c15-12-5-2-6-13(11(12)8-19)21(20)10-4-1-3-9(7-10)14(16,17)18/h1-7H. The summed E-state index contributed by atoms with van der Waals surface area (Å²) in [5, 5.41) is 8.87. The molecule has 0 bridgehead atoms. The highest BCUT2D eigenvalue weighted by Gasteiger charge is 2.31. The Balaban J connectivity index is 2.52. The summed E-state index contributed by atoms with van der Waals surface area (Å²) in [5.41, 5.74) is -1.39. The number of halogens is 4. The predicted octanol–water partition coefficient (Wildman–Crippen LogP) is 3.88. The van der Waals surface area contributed by atoms with Crippen molar-refractivity contribution in [3.8, 4) is 6.07 Å². The zero-order valence-corrected chi connectivity index (χ0v) is 11.1. The fourth-order valence-electron chi connectivity index (χ4n) is 1.68. The fourth-order valence-corrected chi connectivity index (χ4v) is 2.90. The number of benzene rings is 2. The highest BCUT2D eigenvalue weighted by Crippen LogP contribution is 2.31. The summed E-state index contributed by atoms with van der Waals surface area (Å²) >= 11 is 0. The van der Waals surface area contributed by atoms with Gasteiger partial charge in [-0.1, -0.05) is 12.1 Å². The van der Waals surface area contributed by atoms with Crippen molar-refractivity contribution < 1.29 is 21.8 Å². The third kappa shape index (κ3) is 3.11. The Morgan fingerprint density at radius 2 is 1.76 bits per heavy atom. The SMILES string of the molecule is N#Cc1c(F)cccc1S(=O)c1cccc(C(F)(F)F)c1. The van der Waals surface area contributed by atoms with Gasteiger partial charge in [0.2, 0.25) is 0 Å². The molecule has 0 aromatic heterocycles. The molecular weight excluding hydrogens is 306 g/mol. The summed E-state index contributed by atoms with van der Waals surface area (Å²) in [4.78, 5) is -0.302. The topological polar surface area (TPSA) is 40.9 Å². The molecule has 0 heterocycles. The lowest BCUT2D eigenvalue weighted by atomic mass is 10.2. The Bertz CT molecular complexity index is 749. The second-order valence-electron chi connectivity index (χ2n) is 4.02. The summed E-state index contributed by atoms with van der Waals surface area (Å²) in [6.07, 6.45) is -4.57. The van der Waals surface area contributed by atoms with E-state index in [-0.39, 0.29) is 9.79 Å². The smallest absolute Gasteiger partial charge is 0.249 e. The number of hydrogen-bond donors (Lipinski definition) is 0. The van der Waals surface area contributed by atoms with Crippen LogP contribution in [-0.2, 0) is 17.0 Å². The molecule has 0 saturated carbocycles. The van der Waals surface area contributed by atoms with Crippen LogP contribution in [0.25, 0.3) is 0 Å². The lowest BCUT2D eigenvalue weighted by Crippen LogP contribution is -2.06. The Hall–Kier alpha value is -2.20. The molecule has 0 aliphatic rings. The molecule has 2 aromatic carbocycles. The van der Waals surface area contributed by atoms with Crippen molar-refractivity contribution in [1.82, 2.24) is 0 Å². The van der Waals surface area contributed by atoms with Gasteiger partial charge in [-0.3, -0.25) is 0 Å². The molecule has 0 spiro atoms. The molecule has 21 heavy (non-hydrogen) atoms.